The fourth-order valence-corrected chi connectivity index (χ4v) is 2.29. The molecule has 0 saturated heterocycles. The predicted molar refractivity (Wildman–Crippen MR) is 75.4 cm³/mol. The molecule has 0 amide bonds. The number of fused-ring (bicyclic) bond motifs is 1. The van der Waals surface area contributed by atoms with Gasteiger partial charge in [-0.1, -0.05) is 55.8 Å². The molecular weight excluding hydrogens is 206 g/mol. The van der Waals surface area contributed by atoms with Crippen molar-refractivity contribution in [1.82, 2.24) is 0 Å². The smallest absolute Gasteiger partial charge is 0.00690 e. The van der Waals surface area contributed by atoms with Crippen molar-refractivity contribution in [3.8, 4) is 0 Å². The van der Waals surface area contributed by atoms with Crippen LogP contribution in [0.1, 0.15) is 31.4 Å². The topological polar surface area (TPSA) is 26.0 Å². The lowest BCUT2D eigenvalue weighted by molar-refractivity contribution is 0.488. The first-order valence-electron chi connectivity index (χ1n) is 6.24. The van der Waals surface area contributed by atoms with Crippen molar-refractivity contribution < 1.29 is 0 Å². The lowest BCUT2D eigenvalue weighted by Crippen LogP contribution is -2.21. The monoisotopic (exact) mass is 227 g/mol. The molecule has 0 fully saturated rings. The van der Waals surface area contributed by atoms with Crippen molar-refractivity contribution in [3.05, 3.63) is 47.5 Å². The molecule has 0 radical (unpaired) electrons. The van der Waals surface area contributed by atoms with Crippen molar-refractivity contribution >= 4 is 10.8 Å². The molecule has 2 rings (SSSR count). The normalized spacial score (nSPS) is 12.0. The van der Waals surface area contributed by atoms with E-state index in [2.05, 4.69) is 57.2 Å². The van der Waals surface area contributed by atoms with E-state index in [0.717, 1.165) is 13.0 Å². The molecule has 1 nitrogen and oxygen atoms in total. The summed E-state index contributed by atoms with van der Waals surface area (Å²) in [7, 11) is 0. The number of hydrogen-bond acceptors (Lipinski definition) is 1. The van der Waals surface area contributed by atoms with E-state index in [0.29, 0.717) is 0 Å². The summed E-state index contributed by atoms with van der Waals surface area (Å²) >= 11 is 0. The van der Waals surface area contributed by atoms with E-state index < -0.39 is 0 Å². The van der Waals surface area contributed by atoms with Crippen LogP contribution in [0.4, 0.5) is 0 Å². The zero-order valence-electron chi connectivity index (χ0n) is 11.0. The van der Waals surface area contributed by atoms with E-state index in [1.165, 1.54) is 21.9 Å². The van der Waals surface area contributed by atoms with E-state index in [9.17, 15) is 0 Å². The number of nitrogens with two attached hydrogens (primary N) is 1. The summed E-state index contributed by atoms with van der Waals surface area (Å²) in [6.45, 7) is 7.38. The lowest BCUT2D eigenvalue weighted by atomic mass is 9.81. The van der Waals surface area contributed by atoms with Crippen LogP contribution in [0.3, 0.4) is 0 Å². The molecule has 0 aliphatic carbocycles. The number of benzene rings is 2. The molecule has 2 aromatic carbocycles. The highest BCUT2D eigenvalue weighted by Gasteiger charge is 2.19. The van der Waals surface area contributed by atoms with Gasteiger partial charge in [-0.15, -0.1) is 0 Å². The second kappa shape index (κ2) is 4.50. The Morgan fingerprint density at radius 1 is 1.00 bits per heavy atom. The quantitative estimate of drug-likeness (QED) is 0.848. The van der Waals surface area contributed by atoms with E-state index >= 15 is 0 Å². The summed E-state index contributed by atoms with van der Waals surface area (Å²) < 4.78 is 0. The maximum absolute atomic E-state index is 5.68. The predicted octanol–water partition coefficient (Wildman–Crippen LogP) is 3.77. The number of hydrogen-bond donors (Lipinski definition) is 1. The zero-order valence-corrected chi connectivity index (χ0v) is 11.0. The van der Waals surface area contributed by atoms with Crippen LogP contribution in [0.5, 0.6) is 0 Å². The Balaban J connectivity index is 2.48. The Hall–Kier alpha value is -1.34. The minimum atomic E-state index is 0.161. The third kappa shape index (κ3) is 2.50. The Kier molecular flexibility index (Phi) is 3.21. The zero-order chi connectivity index (χ0) is 12.5. The number of aryl methyl sites for hydroxylation is 1. The summed E-state index contributed by atoms with van der Waals surface area (Å²) in [4.78, 5) is 0. The van der Waals surface area contributed by atoms with Crippen LogP contribution in [0, 0.1) is 6.92 Å². The van der Waals surface area contributed by atoms with Crippen molar-refractivity contribution in [1.29, 1.82) is 0 Å². The lowest BCUT2D eigenvalue weighted by Gasteiger charge is -2.25. The minimum Gasteiger partial charge on any atom is -0.330 e. The van der Waals surface area contributed by atoms with Crippen molar-refractivity contribution in [2.24, 2.45) is 5.73 Å². The number of rotatable bonds is 3. The fraction of sp³-hybridized carbons (Fsp3) is 0.375. The molecule has 0 aliphatic heterocycles. The van der Waals surface area contributed by atoms with Gasteiger partial charge in [0.2, 0.25) is 0 Å². The van der Waals surface area contributed by atoms with Gasteiger partial charge >= 0.3 is 0 Å². The van der Waals surface area contributed by atoms with E-state index in [-0.39, 0.29) is 5.41 Å². The van der Waals surface area contributed by atoms with Gasteiger partial charge in [0.15, 0.2) is 0 Å². The highest BCUT2D eigenvalue weighted by atomic mass is 14.5. The first kappa shape index (κ1) is 12.1. The maximum Gasteiger partial charge on any atom is -0.00690 e. The molecule has 0 bridgehead atoms. The third-order valence-corrected chi connectivity index (χ3v) is 3.55. The van der Waals surface area contributed by atoms with Gasteiger partial charge in [0.05, 0.1) is 0 Å². The molecule has 2 N–H and O–H groups in total. The average molecular weight is 227 g/mol. The molecule has 90 valence electrons. The summed E-state index contributed by atoms with van der Waals surface area (Å²) in [6.07, 6.45) is 1.02. The first-order valence-corrected chi connectivity index (χ1v) is 6.24. The van der Waals surface area contributed by atoms with E-state index in [4.69, 9.17) is 5.73 Å². The molecule has 0 spiro atoms. The third-order valence-electron chi connectivity index (χ3n) is 3.55. The van der Waals surface area contributed by atoms with Gasteiger partial charge in [-0.3, -0.25) is 0 Å². The van der Waals surface area contributed by atoms with Gasteiger partial charge in [-0.05, 0) is 41.6 Å². The van der Waals surface area contributed by atoms with Crippen LogP contribution in [0.25, 0.3) is 10.8 Å². The molecule has 0 aliphatic rings. The summed E-state index contributed by atoms with van der Waals surface area (Å²) in [5.41, 5.74) is 8.53. The minimum absolute atomic E-state index is 0.161. The Morgan fingerprint density at radius 3 is 2.35 bits per heavy atom. The van der Waals surface area contributed by atoms with Gasteiger partial charge < -0.3 is 5.73 Å². The molecule has 2 aromatic rings. The van der Waals surface area contributed by atoms with Gasteiger partial charge in [0, 0.05) is 0 Å². The summed E-state index contributed by atoms with van der Waals surface area (Å²) in [5.74, 6) is 0. The second-order valence-electron chi connectivity index (χ2n) is 5.49. The van der Waals surface area contributed by atoms with Crippen LogP contribution >= 0.6 is 0 Å². The Labute approximate surface area is 104 Å². The van der Waals surface area contributed by atoms with Crippen molar-refractivity contribution in [3.63, 3.8) is 0 Å². The Morgan fingerprint density at radius 2 is 1.65 bits per heavy atom. The largest absolute Gasteiger partial charge is 0.330 e. The van der Waals surface area contributed by atoms with E-state index in [1.807, 2.05) is 0 Å². The molecule has 0 atom stereocenters. The molecule has 0 heterocycles. The van der Waals surface area contributed by atoms with Gasteiger partial charge in [0.25, 0.3) is 0 Å². The van der Waals surface area contributed by atoms with Crippen molar-refractivity contribution in [2.45, 2.75) is 32.6 Å². The van der Waals surface area contributed by atoms with Gasteiger partial charge in [-0.25, -0.2) is 0 Å². The summed E-state index contributed by atoms with van der Waals surface area (Å²) in [6, 6.07) is 13.3. The average Bonchev–Trinajstić information content (AvgIpc) is 2.28. The SMILES string of the molecule is Cc1ccc2cc(C(C)(C)CCN)ccc2c1. The molecular formula is C16H21N. The van der Waals surface area contributed by atoms with Crippen LogP contribution < -0.4 is 5.73 Å². The highest BCUT2D eigenvalue weighted by molar-refractivity contribution is 5.84. The van der Waals surface area contributed by atoms with Gasteiger partial charge in [0.1, 0.15) is 0 Å². The first-order chi connectivity index (χ1) is 8.03. The second-order valence-corrected chi connectivity index (χ2v) is 5.49. The van der Waals surface area contributed by atoms with E-state index in [1.54, 1.807) is 0 Å². The standard InChI is InChI=1S/C16H21N/c1-12-4-5-14-11-15(7-6-13(14)10-12)16(2,3)8-9-17/h4-7,10-11H,8-9,17H2,1-3H3. The fourth-order valence-electron chi connectivity index (χ4n) is 2.29. The van der Waals surface area contributed by atoms with Gasteiger partial charge in [-0.2, -0.15) is 0 Å². The summed E-state index contributed by atoms with van der Waals surface area (Å²) in [5, 5.41) is 2.63. The van der Waals surface area contributed by atoms with Crippen LogP contribution in [0.2, 0.25) is 0 Å². The maximum atomic E-state index is 5.68. The molecule has 0 saturated carbocycles. The van der Waals surface area contributed by atoms with Crippen LogP contribution in [0.15, 0.2) is 36.4 Å². The van der Waals surface area contributed by atoms with Crippen molar-refractivity contribution in [2.75, 3.05) is 6.54 Å². The molecule has 1 heteroatoms. The highest BCUT2D eigenvalue weighted by Crippen LogP contribution is 2.29. The Bertz CT molecular complexity index is 526. The molecule has 0 aromatic heterocycles. The van der Waals surface area contributed by atoms with Crippen LogP contribution in [-0.2, 0) is 5.41 Å². The molecule has 17 heavy (non-hydrogen) atoms. The van der Waals surface area contributed by atoms with Crippen LogP contribution in [-0.4, -0.2) is 6.54 Å². The molecule has 0 unspecified atom stereocenters.